The summed E-state index contributed by atoms with van der Waals surface area (Å²) in [5, 5.41) is 2.81. The smallest absolute Gasteiger partial charge is 0.254 e. The predicted molar refractivity (Wildman–Crippen MR) is 100 cm³/mol. The molecule has 138 valence electrons. The average Bonchev–Trinajstić information content (AvgIpc) is 3.16. The van der Waals surface area contributed by atoms with Crippen LogP contribution in [0.1, 0.15) is 53.1 Å². The van der Waals surface area contributed by atoms with Crippen LogP contribution in [0.5, 0.6) is 0 Å². The number of anilines is 1. The van der Waals surface area contributed by atoms with Gasteiger partial charge < -0.3 is 10.2 Å². The Hall–Kier alpha value is -2.69. The maximum Gasteiger partial charge on any atom is 0.254 e. The van der Waals surface area contributed by atoms with Crippen molar-refractivity contribution in [3.63, 3.8) is 0 Å². The third-order valence-electron chi connectivity index (χ3n) is 6.29. The van der Waals surface area contributed by atoms with Gasteiger partial charge in [0.25, 0.3) is 5.91 Å². The van der Waals surface area contributed by atoms with Gasteiger partial charge in [-0.2, -0.15) is 0 Å². The molecule has 2 fully saturated rings. The van der Waals surface area contributed by atoms with Crippen LogP contribution in [0.2, 0.25) is 0 Å². The average molecular weight is 364 g/mol. The van der Waals surface area contributed by atoms with Crippen LogP contribution in [-0.2, 0) is 11.2 Å². The fourth-order valence-corrected chi connectivity index (χ4v) is 5.03. The molecule has 3 aliphatic heterocycles. The Morgan fingerprint density at radius 1 is 1.04 bits per heavy atom. The van der Waals surface area contributed by atoms with E-state index < -0.39 is 0 Å². The van der Waals surface area contributed by atoms with Crippen molar-refractivity contribution >= 4 is 17.5 Å². The molecular formula is C22H21FN2O2. The van der Waals surface area contributed by atoms with Crippen LogP contribution in [0.15, 0.2) is 42.5 Å². The number of hydrogen-bond donors (Lipinski definition) is 1. The molecule has 2 amide bonds. The Labute approximate surface area is 157 Å². The van der Waals surface area contributed by atoms with Gasteiger partial charge in [-0.05, 0) is 73.1 Å². The maximum absolute atomic E-state index is 13.2. The van der Waals surface area contributed by atoms with E-state index >= 15 is 0 Å². The van der Waals surface area contributed by atoms with E-state index in [0.29, 0.717) is 17.9 Å². The Bertz CT molecular complexity index is 910. The SMILES string of the molecule is O=C1Cc2cc(C(=O)N3C4CCC3CC(c3ccc(F)cc3)C4)ccc2N1. The molecule has 2 aromatic rings. The van der Waals surface area contributed by atoms with Crippen molar-refractivity contribution in [3.8, 4) is 0 Å². The number of halogens is 1. The van der Waals surface area contributed by atoms with Gasteiger partial charge in [0, 0.05) is 23.3 Å². The number of nitrogens with zero attached hydrogens (tertiary/aromatic N) is 1. The van der Waals surface area contributed by atoms with Crippen LogP contribution in [0, 0.1) is 5.82 Å². The van der Waals surface area contributed by atoms with Crippen LogP contribution < -0.4 is 5.32 Å². The summed E-state index contributed by atoms with van der Waals surface area (Å²) < 4.78 is 13.2. The highest BCUT2D eigenvalue weighted by molar-refractivity contribution is 6.01. The lowest BCUT2D eigenvalue weighted by Crippen LogP contribution is -2.46. The first kappa shape index (κ1) is 16.5. The molecule has 4 nitrogen and oxygen atoms in total. The number of benzene rings is 2. The van der Waals surface area contributed by atoms with E-state index in [-0.39, 0.29) is 29.7 Å². The Morgan fingerprint density at radius 3 is 2.44 bits per heavy atom. The molecule has 0 aliphatic carbocycles. The van der Waals surface area contributed by atoms with E-state index in [0.717, 1.165) is 36.9 Å². The molecule has 1 N–H and O–H groups in total. The molecular weight excluding hydrogens is 343 g/mol. The molecule has 2 atom stereocenters. The first-order valence-electron chi connectivity index (χ1n) is 9.59. The highest BCUT2D eigenvalue weighted by Gasteiger charge is 2.43. The second kappa shape index (κ2) is 6.19. The third-order valence-corrected chi connectivity index (χ3v) is 6.29. The van der Waals surface area contributed by atoms with Crippen molar-refractivity contribution in [1.29, 1.82) is 0 Å². The molecule has 5 rings (SSSR count). The topological polar surface area (TPSA) is 49.4 Å². The number of carbonyl (C=O) groups is 2. The highest BCUT2D eigenvalue weighted by atomic mass is 19.1. The van der Waals surface area contributed by atoms with E-state index in [1.165, 1.54) is 17.7 Å². The summed E-state index contributed by atoms with van der Waals surface area (Å²) in [5.41, 5.74) is 3.55. The van der Waals surface area contributed by atoms with Crippen molar-refractivity contribution in [3.05, 3.63) is 65.0 Å². The monoisotopic (exact) mass is 364 g/mol. The van der Waals surface area contributed by atoms with Gasteiger partial charge in [0.1, 0.15) is 5.82 Å². The summed E-state index contributed by atoms with van der Waals surface area (Å²) in [6, 6.07) is 12.8. The molecule has 0 aromatic heterocycles. The zero-order valence-corrected chi connectivity index (χ0v) is 15.0. The van der Waals surface area contributed by atoms with E-state index in [1.54, 1.807) is 0 Å². The van der Waals surface area contributed by atoms with E-state index in [9.17, 15) is 14.0 Å². The Morgan fingerprint density at radius 2 is 1.74 bits per heavy atom. The summed E-state index contributed by atoms with van der Waals surface area (Å²) in [4.78, 5) is 26.8. The van der Waals surface area contributed by atoms with Crippen molar-refractivity contribution in [2.45, 2.75) is 50.1 Å². The predicted octanol–water partition coefficient (Wildman–Crippen LogP) is 3.87. The van der Waals surface area contributed by atoms with Gasteiger partial charge in [0.05, 0.1) is 6.42 Å². The van der Waals surface area contributed by atoms with Crippen molar-refractivity contribution in [2.24, 2.45) is 0 Å². The molecule has 2 saturated heterocycles. The maximum atomic E-state index is 13.2. The van der Waals surface area contributed by atoms with E-state index in [4.69, 9.17) is 0 Å². The number of nitrogens with one attached hydrogen (secondary N) is 1. The second-order valence-corrected chi connectivity index (χ2v) is 7.91. The summed E-state index contributed by atoms with van der Waals surface area (Å²) in [5.74, 6) is 0.227. The molecule has 2 bridgehead atoms. The molecule has 2 aromatic carbocycles. The van der Waals surface area contributed by atoms with Crippen LogP contribution in [-0.4, -0.2) is 28.8 Å². The van der Waals surface area contributed by atoms with Crippen LogP contribution in [0.25, 0.3) is 0 Å². The van der Waals surface area contributed by atoms with Gasteiger partial charge in [-0.15, -0.1) is 0 Å². The normalized spacial score (nSPS) is 26.0. The van der Waals surface area contributed by atoms with Crippen LogP contribution in [0.3, 0.4) is 0 Å². The number of fused-ring (bicyclic) bond motifs is 3. The summed E-state index contributed by atoms with van der Waals surface area (Å²) in [6.45, 7) is 0. The van der Waals surface area contributed by atoms with E-state index in [2.05, 4.69) is 10.2 Å². The second-order valence-electron chi connectivity index (χ2n) is 7.91. The van der Waals surface area contributed by atoms with E-state index in [1.807, 2.05) is 30.3 Å². The molecule has 3 aliphatic rings. The Kier molecular flexibility index (Phi) is 3.78. The van der Waals surface area contributed by atoms with Gasteiger partial charge >= 0.3 is 0 Å². The lowest BCUT2D eigenvalue weighted by Gasteiger charge is -2.39. The fourth-order valence-electron chi connectivity index (χ4n) is 5.03. The van der Waals surface area contributed by atoms with Gasteiger partial charge in [-0.1, -0.05) is 12.1 Å². The quantitative estimate of drug-likeness (QED) is 0.879. The molecule has 5 heteroatoms. The van der Waals surface area contributed by atoms with Gasteiger partial charge in [-0.3, -0.25) is 9.59 Å². The van der Waals surface area contributed by atoms with Gasteiger partial charge in [0.2, 0.25) is 5.91 Å². The van der Waals surface area contributed by atoms with Crippen LogP contribution >= 0.6 is 0 Å². The molecule has 27 heavy (non-hydrogen) atoms. The van der Waals surface area contributed by atoms with Crippen molar-refractivity contribution in [2.75, 3.05) is 5.32 Å². The summed E-state index contributed by atoms with van der Waals surface area (Å²) in [7, 11) is 0. The third kappa shape index (κ3) is 2.82. The Balaban J connectivity index is 1.36. The molecule has 0 saturated carbocycles. The molecule has 0 radical (unpaired) electrons. The van der Waals surface area contributed by atoms with Crippen molar-refractivity contribution < 1.29 is 14.0 Å². The largest absolute Gasteiger partial charge is 0.333 e. The zero-order chi connectivity index (χ0) is 18.5. The minimum absolute atomic E-state index is 0.0187. The zero-order valence-electron chi connectivity index (χ0n) is 15.0. The summed E-state index contributed by atoms with van der Waals surface area (Å²) in [6.07, 6.45) is 4.26. The number of amides is 2. The van der Waals surface area contributed by atoms with Gasteiger partial charge in [-0.25, -0.2) is 4.39 Å². The lowest BCUT2D eigenvalue weighted by molar-refractivity contribution is -0.115. The van der Waals surface area contributed by atoms with Crippen molar-refractivity contribution in [1.82, 2.24) is 4.90 Å². The van der Waals surface area contributed by atoms with Gasteiger partial charge in [0.15, 0.2) is 0 Å². The molecule has 2 unspecified atom stereocenters. The first-order valence-corrected chi connectivity index (χ1v) is 9.59. The number of piperidine rings is 1. The summed E-state index contributed by atoms with van der Waals surface area (Å²) >= 11 is 0. The number of hydrogen-bond acceptors (Lipinski definition) is 2. The fraction of sp³-hybridized carbons (Fsp3) is 0.364. The standard InChI is InChI=1S/C22H21FN2O2/c23-17-4-1-13(2-5-17)15-10-18-6-7-19(11-15)25(18)22(27)14-3-8-20-16(9-14)12-21(26)24-20/h1-5,8-9,15,18-19H,6-7,10-12H2,(H,24,26). The minimum atomic E-state index is -0.209. The number of rotatable bonds is 2. The van der Waals surface area contributed by atoms with Crippen LogP contribution in [0.4, 0.5) is 10.1 Å². The first-order chi connectivity index (χ1) is 13.1. The lowest BCUT2D eigenvalue weighted by atomic mass is 9.84. The molecule has 0 spiro atoms. The highest BCUT2D eigenvalue weighted by Crippen LogP contribution is 2.43. The molecule has 3 heterocycles. The number of carbonyl (C=O) groups excluding carboxylic acids is 2. The minimum Gasteiger partial charge on any atom is -0.333 e.